The average Bonchev–Trinajstić information content (AvgIpc) is 2.80. The first kappa shape index (κ1) is 17.3. The van der Waals surface area contributed by atoms with E-state index >= 15 is 0 Å². The zero-order valence-electron chi connectivity index (χ0n) is 14.2. The summed E-state index contributed by atoms with van der Waals surface area (Å²) in [7, 11) is 0. The molecule has 1 aromatic rings. The van der Waals surface area contributed by atoms with Gasteiger partial charge < -0.3 is 14.5 Å². The lowest BCUT2D eigenvalue weighted by molar-refractivity contribution is 0.0753. The van der Waals surface area contributed by atoms with Crippen LogP contribution in [0.5, 0.6) is 0 Å². The maximum absolute atomic E-state index is 12.6. The van der Waals surface area contributed by atoms with E-state index in [0.717, 1.165) is 6.42 Å². The van der Waals surface area contributed by atoms with Gasteiger partial charge in [-0.1, -0.05) is 26.0 Å². The predicted molar refractivity (Wildman–Crippen MR) is 89.6 cm³/mol. The summed E-state index contributed by atoms with van der Waals surface area (Å²) in [6.07, 6.45) is 0.484. The third-order valence-electron chi connectivity index (χ3n) is 4.13. The molecule has 1 aliphatic rings. The van der Waals surface area contributed by atoms with Gasteiger partial charge in [0.25, 0.3) is 5.91 Å². The normalized spacial score (nSPS) is 15.5. The Morgan fingerprint density at radius 1 is 1.04 bits per heavy atom. The molecule has 2 rings (SSSR count). The van der Waals surface area contributed by atoms with Crippen LogP contribution in [0.4, 0.5) is 4.79 Å². The molecule has 5 heteroatoms. The van der Waals surface area contributed by atoms with Gasteiger partial charge in [-0.15, -0.1) is 0 Å². The first-order chi connectivity index (χ1) is 11.0. The molecular weight excluding hydrogens is 292 g/mol. The van der Waals surface area contributed by atoms with Crippen molar-refractivity contribution in [2.75, 3.05) is 32.8 Å². The van der Waals surface area contributed by atoms with Crippen LogP contribution in [-0.4, -0.2) is 54.6 Å². The number of carbonyl (C=O) groups excluding carboxylic acids is 2. The minimum absolute atomic E-state index is 0.0333. The van der Waals surface area contributed by atoms with E-state index in [-0.39, 0.29) is 12.0 Å². The molecule has 0 N–H and O–H groups in total. The third-order valence-corrected chi connectivity index (χ3v) is 4.13. The number of hydrogen-bond donors (Lipinski definition) is 0. The monoisotopic (exact) mass is 318 g/mol. The van der Waals surface area contributed by atoms with Crippen molar-refractivity contribution in [3.8, 4) is 0 Å². The lowest BCUT2D eigenvalue weighted by Crippen LogP contribution is -2.37. The summed E-state index contributed by atoms with van der Waals surface area (Å²) >= 11 is 0. The van der Waals surface area contributed by atoms with Gasteiger partial charge in [0.1, 0.15) is 0 Å². The van der Waals surface area contributed by atoms with Crippen LogP contribution in [0.25, 0.3) is 0 Å². The van der Waals surface area contributed by atoms with Gasteiger partial charge in [-0.05, 0) is 37.0 Å². The molecule has 1 aliphatic heterocycles. The molecule has 0 spiro atoms. The molecule has 5 nitrogen and oxygen atoms in total. The van der Waals surface area contributed by atoms with Gasteiger partial charge in [-0.2, -0.15) is 0 Å². The zero-order valence-corrected chi connectivity index (χ0v) is 14.2. The van der Waals surface area contributed by atoms with E-state index in [4.69, 9.17) is 4.74 Å². The molecule has 0 saturated carbocycles. The minimum atomic E-state index is -0.289. The average molecular weight is 318 g/mol. The molecule has 0 aromatic heterocycles. The van der Waals surface area contributed by atoms with E-state index in [2.05, 4.69) is 13.8 Å². The molecule has 126 valence electrons. The van der Waals surface area contributed by atoms with Crippen molar-refractivity contribution in [3.05, 3.63) is 35.4 Å². The molecule has 0 radical (unpaired) electrons. The first-order valence-corrected chi connectivity index (χ1v) is 8.34. The highest BCUT2D eigenvalue weighted by molar-refractivity contribution is 5.94. The fourth-order valence-electron chi connectivity index (χ4n) is 2.71. The highest BCUT2D eigenvalue weighted by Crippen LogP contribution is 2.16. The summed E-state index contributed by atoms with van der Waals surface area (Å²) in [6.45, 7) is 8.81. The SMILES string of the molecule is CCOC(=O)N1CCCN(C(=O)c2ccc(C(C)C)cc2)CC1. The Balaban J connectivity index is 1.98. The van der Waals surface area contributed by atoms with Crippen molar-refractivity contribution in [2.24, 2.45) is 0 Å². The molecule has 0 atom stereocenters. The Bertz CT molecular complexity index is 540. The number of amides is 2. The highest BCUT2D eigenvalue weighted by Gasteiger charge is 2.23. The fraction of sp³-hybridized carbons (Fsp3) is 0.556. The van der Waals surface area contributed by atoms with Gasteiger partial charge in [0.2, 0.25) is 0 Å². The van der Waals surface area contributed by atoms with Crippen LogP contribution in [-0.2, 0) is 4.74 Å². The van der Waals surface area contributed by atoms with E-state index < -0.39 is 0 Å². The van der Waals surface area contributed by atoms with Crippen molar-refractivity contribution >= 4 is 12.0 Å². The van der Waals surface area contributed by atoms with Crippen LogP contribution < -0.4 is 0 Å². The maximum Gasteiger partial charge on any atom is 0.409 e. The van der Waals surface area contributed by atoms with Gasteiger partial charge in [0.05, 0.1) is 6.61 Å². The Morgan fingerprint density at radius 3 is 2.26 bits per heavy atom. The largest absolute Gasteiger partial charge is 0.450 e. The van der Waals surface area contributed by atoms with E-state index in [0.29, 0.717) is 44.3 Å². The first-order valence-electron chi connectivity index (χ1n) is 8.34. The molecule has 0 bridgehead atoms. The number of rotatable bonds is 3. The van der Waals surface area contributed by atoms with E-state index in [1.54, 1.807) is 11.8 Å². The second-order valence-corrected chi connectivity index (χ2v) is 6.11. The van der Waals surface area contributed by atoms with Gasteiger partial charge >= 0.3 is 6.09 Å². The standard InChI is InChI=1S/C18H26N2O3/c1-4-23-18(22)20-11-5-10-19(12-13-20)17(21)16-8-6-15(7-9-16)14(2)3/h6-9,14H,4-5,10-13H2,1-3H3. The fourth-order valence-corrected chi connectivity index (χ4v) is 2.71. The maximum atomic E-state index is 12.6. The van der Waals surface area contributed by atoms with Crippen molar-refractivity contribution in [1.82, 2.24) is 9.80 Å². The van der Waals surface area contributed by atoms with Crippen LogP contribution >= 0.6 is 0 Å². The summed E-state index contributed by atoms with van der Waals surface area (Å²) in [5.74, 6) is 0.487. The number of hydrogen-bond acceptors (Lipinski definition) is 3. The van der Waals surface area contributed by atoms with Gasteiger partial charge in [-0.3, -0.25) is 4.79 Å². The van der Waals surface area contributed by atoms with Crippen LogP contribution in [0.3, 0.4) is 0 Å². The van der Waals surface area contributed by atoms with Crippen molar-refractivity contribution in [2.45, 2.75) is 33.1 Å². The Labute approximate surface area is 138 Å². The summed E-state index contributed by atoms with van der Waals surface area (Å²) in [5.41, 5.74) is 1.94. The van der Waals surface area contributed by atoms with Gasteiger partial charge in [-0.25, -0.2) is 4.79 Å². The second kappa shape index (κ2) is 7.99. The number of ether oxygens (including phenoxy) is 1. The molecule has 1 aromatic carbocycles. The molecule has 0 unspecified atom stereocenters. The van der Waals surface area contributed by atoms with E-state index in [1.165, 1.54) is 5.56 Å². The van der Waals surface area contributed by atoms with Crippen LogP contribution in [0, 0.1) is 0 Å². The number of benzene rings is 1. The van der Waals surface area contributed by atoms with Crippen molar-refractivity contribution in [1.29, 1.82) is 0 Å². The van der Waals surface area contributed by atoms with Crippen LogP contribution in [0.15, 0.2) is 24.3 Å². The Morgan fingerprint density at radius 2 is 1.65 bits per heavy atom. The molecule has 0 aliphatic carbocycles. The van der Waals surface area contributed by atoms with E-state index in [1.807, 2.05) is 29.2 Å². The van der Waals surface area contributed by atoms with Crippen molar-refractivity contribution in [3.63, 3.8) is 0 Å². The van der Waals surface area contributed by atoms with Gasteiger partial charge in [0.15, 0.2) is 0 Å². The Hall–Kier alpha value is -2.04. The second-order valence-electron chi connectivity index (χ2n) is 6.11. The zero-order chi connectivity index (χ0) is 16.8. The summed E-state index contributed by atoms with van der Waals surface area (Å²) in [5, 5.41) is 0. The smallest absolute Gasteiger partial charge is 0.409 e. The summed E-state index contributed by atoms with van der Waals surface area (Å²) in [4.78, 5) is 27.9. The van der Waals surface area contributed by atoms with Crippen molar-refractivity contribution < 1.29 is 14.3 Å². The van der Waals surface area contributed by atoms with Gasteiger partial charge in [0, 0.05) is 31.7 Å². The molecule has 2 amide bonds. The Kier molecular flexibility index (Phi) is 6.02. The minimum Gasteiger partial charge on any atom is -0.450 e. The third kappa shape index (κ3) is 4.47. The highest BCUT2D eigenvalue weighted by atomic mass is 16.6. The summed E-state index contributed by atoms with van der Waals surface area (Å²) in [6, 6.07) is 7.82. The van der Waals surface area contributed by atoms with Crippen LogP contribution in [0.2, 0.25) is 0 Å². The molecule has 1 saturated heterocycles. The molecule has 1 heterocycles. The number of nitrogens with zero attached hydrogens (tertiary/aromatic N) is 2. The quantitative estimate of drug-likeness (QED) is 0.860. The van der Waals surface area contributed by atoms with Crippen LogP contribution in [0.1, 0.15) is 49.0 Å². The predicted octanol–water partition coefficient (Wildman–Crippen LogP) is 3.11. The molecule has 23 heavy (non-hydrogen) atoms. The lowest BCUT2D eigenvalue weighted by atomic mass is 10.0. The topological polar surface area (TPSA) is 49.9 Å². The number of carbonyl (C=O) groups is 2. The van der Waals surface area contributed by atoms with E-state index in [9.17, 15) is 9.59 Å². The molecule has 1 fully saturated rings. The lowest BCUT2D eigenvalue weighted by Gasteiger charge is -2.22. The summed E-state index contributed by atoms with van der Waals surface area (Å²) < 4.78 is 5.04. The molecular formula is C18H26N2O3.